The van der Waals surface area contributed by atoms with E-state index in [9.17, 15) is 92.2 Å². The van der Waals surface area contributed by atoms with Crippen LogP contribution in [0.1, 0.15) is 0 Å². The van der Waals surface area contributed by atoms with Crippen molar-refractivity contribution in [1.29, 1.82) is 0 Å². The van der Waals surface area contributed by atoms with Gasteiger partial charge in [-0.2, -0.15) is 92.2 Å². The molecule has 0 spiro atoms. The molecule has 1 aromatic rings. The first-order valence-electron chi connectivity index (χ1n) is 8.54. The highest BCUT2D eigenvalue weighted by Gasteiger charge is 2.98. The Bertz CT molecular complexity index is 977. The Labute approximate surface area is 194 Å². The minimum atomic E-state index is -9.20. The fourth-order valence-corrected chi connectivity index (χ4v) is 2.24. The lowest BCUT2D eigenvalue weighted by atomic mass is 9.87. The van der Waals surface area contributed by atoms with Crippen LogP contribution in [0.2, 0.25) is 0 Å². The molecule has 38 heavy (non-hydrogen) atoms. The van der Waals surface area contributed by atoms with Gasteiger partial charge >= 0.3 is 59.7 Å². The van der Waals surface area contributed by atoms with Gasteiger partial charge in [0.2, 0.25) is 0 Å². The van der Waals surface area contributed by atoms with Gasteiger partial charge in [0, 0.05) is 0 Å². The van der Waals surface area contributed by atoms with Crippen LogP contribution in [0.15, 0.2) is 30.3 Å². The van der Waals surface area contributed by atoms with E-state index in [0.717, 1.165) is 6.07 Å². The van der Waals surface area contributed by atoms with Crippen molar-refractivity contribution in [3.05, 3.63) is 30.3 Å². The number of hydrogen-bond acceptors (Lipinski definition) is 1. The van der Waals surface area contributed by atoms with Gasteiger partial charge in [0.15, 0.2) is 0 Å². The van der Waals surface area contributed by atoms with Crippen LogP contribution in [0, 0.1) is 0 Å². The first-order chi connectivity index (χ1) is 16.3. The molecular formula is C16H5F21O. The highest BCUT2D eigenvalue weighted by atomic mass is 19.4. The molecule has 22 heteroatoms. The largest absolute Gasteiger partial charge is 0.471 e. The molecule has 0 N–H and O–H groups in total. The number of ether oxygens (including phenoxy) is 1. The average Bonchev–Trinajstić information content (AvgIpc) is 2.72. The number of hydrogen-bond donors (Lipinski definition) is 0. The van der Waals surface area contributed by atoms with Crippen molar-refractivity contribution in [2.75, 3.05) is 0 Å². The maximum absolute atomic E-state index is 13.7. The van der Waals surface area contributed by atoms with E-state index in [2.05, 4.69) is 4.74 Å². The van der Waals surface area contributed by atoms with Crippen LogP contribution in [0.5, 0.6) is 5.75 Å². The summed E-state index contributed by atoms with van der Waals surface area (Å²) in [5.41, 5.74) is 0. The van der Waals surface area contributed by atoms with Crippen LogP contribution in [-0.2, 0) is 0 Å². The third kappa shape index (κ3) is 4.24. The molecule has 0 fully saturated rings. The molecular weight excluding hydrogens is 607 g/mol. The Morgan fingerprint density at radius 3 is 0.895 bits per heavy atom. The van der Waals surface area contributed by atoms with Gasteiger partial charge in [0.1, 0.15) is 5.75 Å². The minimum absolute atomic E-state index is 0.215. The third-order valence-electron chi connectivity index (χ3n) is 4.47. The lowest BCUT2D eigenvalue weighted by Gasteiger charge is -2.44. The summed E-state index contributed by atoms with van der Waals surface area (Å²) in [6.07, 6.45) is -15.1. The van der Waals surface area contributed by atoms with Crippen LogP contribution in [0.25, 0.3) is 0 Å². The number of alkyl halides is 21. The molecule has 0 unspecified atom stereocenters. The second kappa shape index (κ2) is 8.78. The zero-order chi connectivity index (χ0) is 30.8. The fraction of sp³-hybridized carbons (Fsp3) is 0.625. The van der Waals surface area contributed by atoms with Gasteiger partial charge < -0.3 is 4.74 Å². The van der Waals surface area contributed by atoms with E-state index in [1.54, 1.807) is 0 Å². The zero-order valence-corrected chi connectivity index (χ0v) is 16.7. The highest BCUT2D eigenvalue weighted by molar-refractivity contribution is 5.23. The Hall–Kier alpha value is -2.45. The number of halogens is 21. The maximum Gasteiger partial charge on any atom is 0.471 e. The van der Waals surface area contributed by atoms with E-state index in [1.165, 1.54) is 0 Å². The first-order valence-corrected chi connectivity index (χ1v) is 8.54. The molecule has 0 aliphatic rings. The van der Waals surface area contributed by atoms with Crippen LogP contribution in [-0.4, -0.2) is 59.7 Å². The molecule has 0 aromatic heterocycles. The van der Waals surface area contributed by atoms with Crippen molar-refractivity contribution in [2.24, 2.45) is 0 Å². The lowest BCUT2D eigenvalue weighted by molar-refractivity contribution is -0.480. The summed E-state index contributed by atoms with van der Waals surface area (Å²) in [4.78, 5) is 0. The molecule has 1 rings (SSSR count). The quantitative estimate of drug-likeness (QED) is 0.242. The first kappa shape index (κ1) is 33.6. The van der Waals surface area contributed by atoms with E-state index in [1.807, 2.05) is 0 Å². The second-order valence-electron chi connectivity index (χ2n) is 7.02. The summed E-state index contributed by atoms with van der Waals surface area (Å²) in [5.74, 6) is -72.3. The molecule has 0 radical (unpaired) electrons. The van der Waals surface area contributed by atoms with E-state index in [-0.39, 0.29) is 12.1 Å². The smallest absolute Gasteiger partial charge is 0.428 e. The molecule has 0 aliphatic carbocycles. The Balaban J connectivity index is 3.72. The van der Waals surface area contributed by atoms with E-state index >= 15 is 0 Å². The van der Waals surface area contributed by atoms with E-state index in [4.69, 9.17) is 0 Å². The predicted octanol–water partition coefficient (Wildman–Crippen LogP) is 8.30. The van der Waals surface area contributed by atoms with Gasteiger partial charge in [-0.05, 0) is 12.1 Å². The predicted molar refractivity (Wildman–Crippen MR) is 77.6 cm³/mol. The molecule has 0 bridgehead atoms. The molecule has 0 saturated carbocycles. The molecule has 0 atom stereocenters. The van der Waals surface area contributed by atoms with E-state index < -0.39 is 65.4 Å². The van der Waals surface area contributed by atoms with Gasteiger partial charge in [-0.25, -0.2) is 0 Å². The SMILES string of the molecule is FC(F)(F)C(F)(F)C(F)(F)C(F)(F)C(F)(F)C(F)(F)C(F)(F)C(F)(F)C(F)(F)C(F)(F)Oc1ccccc1. The van der Waals surface area contributed by atoms with Crippen LogP contribution < -0.4 is 4.74 Å². The van der Waals surface area contributed by atoms with Gasteiger partial charge in [0.25, 0.3) is 0 Å². The topological polar surface area (TPSA) is 9.23 Å². The summed E-state index contributed by atoms with van der Waals surface area (Å²) < 4.78 is 280. The van der Waals surface area contributed by atoms with Crippen molar-refractivity contribution in [3.63, 3.8) is 0 Å². The Morgan fingerprint density at radius 1 is 0.342 bits per heavy atom. The molecule has 0 saturated heterocycles. The van der Waals surface area contributed by atoms with Crippen molar-refractivity contribution in [2.45, 2.75) is 59.7 Å². The zero-order valence-electron chi connectivity index (χ0n) is 16.7. The van der Waals surface area contributed by atoms with Crippen molar-refractivity contribution in [1.82, 2.24) is 0 Å². The molecule has 1 nitrogen and oxygen atoms in total. The number of para-hydroxylation sites is 1. The molecule has 0 aliphatic heterocycles. The van der Waals surface area contributed by atoms with Gasteiger partial charge in [-0.3, -0.25) is 0 Å². The van der Waals surface area contributed by atoms with Crippen LogP contribution in [0.4, 0.5) is 92.2 Å². The maximum atomic E-state index is 13.7. The van der Waals surface area contributed by atoms with Gasteiger partial charge in [0.05, 0.1) is 0 Å². The highest BCUT2D eigenvalue weighted by Crippen LogP contribution is 2.66. The minimum Gasteiger partial charge on any atom is -0.428 e. The summed E-state index contributed by atoms with van der Waals surface area (Å²) in [6.45, 7) is 0. The number of rotatable bonds is 10. The third-order valence-corrected chi connectivity index (χ3v) is 4.47. The number of benzene rings is 1. The normalized spacial score (nSPS) is 16.0. The summed E-state index contributed by atoms with van der Waals surface area (Å²) >= 11 is 0. The second-order valence-corrected chi connectivity index (χ2v) is 7.02. The van der Waals surface area contributed by atoms with Crippen molar-refractivity contribution in [3.8, 4) is 5.75 Å². The molecule has 0 amide bonds. The Morgan fingerprint density at radius 2 is 0.605 bits per heavy atom. The summed E-state index contributed by atoms with van der Waals surface area (Å²) in [5, 5.41) is 0. The molecule has 222 valence electrons. The lowest BCUT2D eigenvalue weighted by Crippen LogP contribution is -2.77. The van der Waals surface area contributed by atoms with Gasteiger partial charge in [-0.15, -0.1) is 0 Å². The average molecular weight is 612 g/mol. The van der Waals surface area contributed by atoms with Crippen LogP contribution >= 0.6 is 0 Å². The van der Waals surface area contributed by atoms with E-state index in [0.29, 0.717) is 12.1 Å². The monoisotopic (exact) mass is 612 g/mol. The summed E-state index contributed by atoms with van der Waals surface area (Å²) in [6, 6.07) is 2.60. The fourth-order valence-electron chi connectivity index (χ4n) is 2.24. The Kier molecular flexibility index (Phi) is 7.76. The van der Waals surface area contributed by atoms with Gasteiger partial charge in [-0.1, -0.05) is 18.2 Å². The van der Waals surface area contributed by atoms with Crippen LogP contribution in [0.3, 0.4) is 0 Å². The summed E-state index contributed by atoms with van der Waals surface area (Å²) in [7, 11) is 0. The standard InChI is InChI=1S/C16H5F21O/c17-7(18,9(21,22)11(25,26)13(29,30)15(33,34)35)8(19,20)10(23,24)12(27,28)14(31,32)16(36,37)38-6-4-2-1-3-5-6/h1-5H. The molecule has 0 heterocycles. The van der Waals surface area contributed by atoms with Crippen molar-refractivity contribution < 1.29 is 96.9 Å². The van der Waals surface area contributed by atoms with Crippen molar-refractivity contribution >= 4 is 0 Å². The molecule has 1 aromatic carbocycles.